The Balaban J connectivity index is 2.04. The molecule has 2 rings (SSSR count). The van der Waals surface area contributed by atoms with Crippen LogP contribution in [-0.2, 0) is 16.4 Å². The van der Waals surface area contributed by atoms with E-state index in [1.807, 2.05) is 0 Å². The Kier molecular flexibility index (Phi) is 4.23. The van der Waals surface area contributed by atoms with Crippen LogP contribution in [0, 0.1) is 0 Å². The van der Waals surface area contributed by atoms with E-state index in [0.29, 0.717) is 5.69 Å². The minimum Gasteiger partial charge on any atom is -0.397 e. The van der Waals surface area contributed by atoms with Crippen LogP contribution in [0.4, 0.5) is 5.69 Å². The van der Waals surface area contributed by atoms with Gasteiger partial charge in [0.25, 0.3) is 5.91 Å². The van der Waals surface area contributed by atoms with Crippen molar-refractivity contribution >= 4 is 21.4 Å². The van der Waals surface area contributed by atoms with Crippen molar-refractivity contribution in [3.63, 3.8) is 0 Å². The molecular weight excluding hydrogens is 290 g/mol. The third kappa shape index (κ3) is 3.79. The van der Waals surface area contributed by atoms with Crippen molar-refractivity contribution in [1.82, 2.24) is 10.3 Å². The van der Waals surface area contributed by atoms with Crippen LogP contribution >= 0.6 is 0 Å². The molecule has 7 heteroatoms. The molecule has 1 amide bonds. The lowest BCUT2D eigenvalue weighted by Crippen LogP contribution is -2.24. The smallest absolute Gasteiger partial charge is 0.272 e. The van der Waals surface area contributed by atoms with Crippen LogP contribution in [0.5, 0.6) is 0 Å². The number of rotatable bonds is 4. The minimum atomic E-state index is -3.21. The van der Waals surface area contributed by atoms with Gasteiger partial charge in [-0.05, 0) is 29.8 Å². The van der Waals surface area contributed by atoms with Crippen LogP contribution in [0.1, 0.15) is 16.1 Å². The number of nitrogen functional groups attached to an aromatic ring is 1. The number of nitrogens with two attached hydrogens (primary N) is 1. The Bertz CT molecular complexity index is 755. The van der Waals surface area contributed by atoms with Crippen molar-refractivity contribution in [2.75, 3.05) is 12.0 Å². The molecule has 0 bridgehead atoms. The van der Waals surface area contributed by atoms with E-state index >= 15 is 0 Å². The molecule has 6 nitrogen and oxygen atoms in total. The first-order valence-electron chi connectivity index (χ1n) is 6.15. The Labute approximate surface area is 122 Å². The number of nitrogens with zero attached hydrogens (tertiary/aromatic N) is 1. The predicted octanol–water partition coefficient (Wildman–Crippen LogP) is 0.997. The SMILES string of the molecule is CS(=O)(=O)c1ccc(CNC(=O)c2ncccc2N)cc1. The zero-order valence-corrected chi connectivity index (χ0v) is 12.2. The summed E-state index contributed by atoms with van der Waals surface area (Å²) in [7, 11) is -3.21. The monoisotopic (exact) mass is 305 g/mol. The summed E-state index contributed by atoms with van der Waals surface area (Å²) in [5.41, 5.74) is 6.93. The fraction of sp³-hybridized carbons (Fsp3) is 0.143. The van der Waals surface area contributed by atoms with Crippen LogP contribution < -0.4 is 11.1 Å². The average molecular weight is 305 g/mol. The van der Waals surface area contributed by atoms with Crippen LogP contribution in [0.15, 0.2) is 47.5 Å². The van der Waals surface area contributed by atoms with Gasteiger partial charge in [-0.15, -0.1) is 0 Å². The molecule has 0 aliphatic carbocycles. The highest BCUT2D eigenvalue weighted by molar-refractivity contribution is 7.90. The molecular formula is C14H15N3O3S. The van der Waals surface area contributed by atoms with Gasteiger partial charge in [-0.25, -0.2) is 13.4 Å². The van der Waals surface area contributed by atoms with E-state index in [4.69, 9.17) is 5.73 Å². The number of benzene rings is 1. The van der Waals surface area contributed by atoms with E-state index in [2.05, 4.69) is 10.3 Å². The standard InChI is InChI=1S/C14H15N3O3S/c1-21(19,20)11-6-4-10(5-7-11)9-17-14(18)13-12(15)3-2-8-16-13/h2-8H,9,15H2,1H3,(H,17,18). The summed E-state index contributed by atoms with van der Waals surface area (Å²) in [5, 5.41) is 2.68. The molecule has 0 aliphatic heterocycles. The summed E-state index contributed by atoms with van der Waals surface area (Å²) in [6.07, 6.45) is 2.64. The van der Waals surface area contributed by atoms with Crippen molar-refractivity contribution in [2.24, 2.45) is 0 Å². The molecule has 0 radical (unpaired) electrons. The molecule has 1 heterocycles. The Morgan fingerprint density at radius 2 is 1.90 bits per heavy atom. The van der Waals surface area contributed by atoms with Crippen molar-refractivity contribution in [3.05, 3.63) is 53.9 Å². The predicted molar refractivity (Wildman–Crippen MR) is 79.4 cm³/mol. The van der Waals surface area contributed by atoms with Gasteiger partial charge in [0.2, 0.25) is 0 Å². The van der Waals surface area contributed by atoms with Gasteiger partial charge in [-0.3, -0.25) is 4.79 Å². The zero-order chi connectivity index (χ0) is 15.5. The van der Waals surface area contributed by atoms with Gasteiger partial charge in [0.1, 0.15) is 0 Å². The van der Waals surface area contributed by atoms with Gasteiger partial charge in [0.15, 0.2) is 15.5 Å². The number of carbonyl (C=O) groups excluding carboxylic acids is 1. The number of amides is 1. The van der Waals surface area contributed by atoms with Crippen molar-refractivity contribution in [3.8, 4) is 0 Å². The van der Waals surface area contributed by atoms with Crippen LogP contribution in [0.2, 0.25) is 0 Å². The molecule has 0 saturated heterocycles. The minimum absolute atomic E-state index is 0.172. The third-order valence-electron chi connectivity index (χ3n) is 2.86. The van der Waals surface area contributed by atoms with Gasteiger partial charge in [0, 0.05) is 19.0 Å². The number of carbonyl (C=O) groups is 1. The van der Waals surface area contributed by atoms with E-state index in [1.165, 1.54) is 18.3 Å². The molecule has 0 fully saturated rings. The van der Waals surface area contributed by atoms with Crippen LogP contribution in [0.25, 0.3) is 0 Å². The molecule has 0 unspecified atom stereocenters. The maximum Gasteiger partial charge on any atom is 0.272 e. The van der Waals surface area contributed by atoms with Crippen molar-refractivity contribution in [2.45, 2.75) is 11.4 Å². The molecule has 110 valence electrons. The first-order valence-corrected chi connectivity index (χ1v) is 8.05. The number of aromatic nitrogens is 1. The fourth-order valence-electron chi connectivity index (χ4n) is 1.73. The quantitative estimate of drug-likeness (QED) is 0.877. The van der Waals surface area contributed by atoms with Crippen LogP contribution in [-0.4, -0.2) is 25.6 Å². The molecule has 0 atom stereocenters. The normalized spacial score (nSPS) is 11.1. The molecule has 3 N–H and O–H groups in total. The summed E-state index contributed by atoms with van der Waals surface area (Å²) in [6, 6.07) is 9.56. The van der Waals surface area contributed by atoms with E-state index in [-0.39, 0.29) is 23.0 Å². The summed E-state index contributed by atoms with van der Waals surface area (Å²) in [5.74, 6) is -0.375. The second-order valence-corrected chi connectivity index (χ2v) is 6.56. The maximum atomic E-state index is 11.9. The second kappa shape index (κ2) is 5.92. The highest BCUT2D eigenvalue weighted by Crippen LogP contribution is 2.11. The van der Waals surface area contributed by atoms with Crippen LogP contribution in [0.3, 0.4) is 0 Å². The Morgan fingerprint density at radius 1 is 1.24 bits per heavy atom. The van der Waals surface area contributed by atoms with Crippen molar-refractivity contribution in [1.29, 1.82) is 0 Å². The number of sulfone groups is 1. The van der Waals surface area contributed by atoms with E-state index in [1.54, 1.807) is 24.3 Å². The van der Waals surface area contributed by atoms with Gasteiger partial charge >= 0.3 is 0 Å². The second-order valence-electron chi connectivity index (χ2n) is 4.54. The highest BCUT2D eigenvalue weighted by atomic mass is 32.2. The summed E-state index contributed by atoms with van der Waals surface area (Å²) < 4.78 is 22.7. The number of hydrogen-bond acceptors (Lipinski definition) is 5. The number of nitrogens with one attached hydrogen (secondary N) is 1. The highest BCUT2D eigenvalue weighted by Gasteiger charge is 2.10. The molecule has 0 saturated carbocycles. The number of hydrogen-bond donors (Lipinski definition) is 2. The number of pyridine rings is 1. The Hall–Kier alpha value is -2.41. The molecule has 21 heavy (non-hydrogen) atoms. The maximum absolute atomic E-state index is 11.9. The van der Waals surface area contributed by atoms with Gasteiger partial charge in [0.05, 0.1) is 10.6 Å². The molecule has 1 aromatic carbocycles. The van der Waals surface area contributed by atoms with E-state index in [0.717, 1.165) is 11.8 Å². The van der Waals surface area contributed by atoms with Gasteiger partial charge < -0.3 is 11.1 Å². The largest absolute Gasteiger partial charge is 0.397 e. The molecule has 0 aliphatic rings. The summed E-state index contributed by atoms with van der Waals surface area (Å²) in [6.45, 7) is 0.263. The summed E-state index contributed by atoms with van der Waals surface area (Å²) in [4.78, 5) is 16.1. The van der Waals surface area contributed by atoms with Gasteiger partial charge in [-0.2, -0.15) is 0 Å². The van der Waals surface area contributed by atoms with E-state index < -0.39 is 9.84 Å². The fourth-order valence-corrected chi connectivity index (χ4v) is 2.36. The summed E-state index contributed by atoms with van der Waals surface area (Å²) >= 11 is 0. The lowest BCUT2D eigenvalue weighted by atomic mass is 10.2. The molecule has 2 aromatic rings. The lowest BCUT2D eigenvalue weighted by Gasteiger charge is -2.07. The lowest BCUT2D eigenvalue weighted by molar-refractivity contribution is 0.0947. The Morgan fingerprint density at radius 3 is 2.48 bits per heavy atom. The van der Waals surface area contributed by atoms with Gasteiger partial charge in [-0.1, -0.05) is 12.1 Å². The zero-order valence-electron chi connectivity index (χ0n) is 11.4. The number of anilines is 1. The molecule has 1 aromatic heterocycles. The van der Waals surface area contributed by atoms with E-state index in [9.17, 15) is 13.2 Å². The first kappa shape index (κ1) is 15.0. The molecule has 0 spiro atoms. The van der Waals surface area contributed by atoms with Crippen molar-refractivity contribution < 1.29 is 13.2 Å². The topological polar surface area (TPSA) is 102 Å². The first-order chi connectivity index (χ1) is 9.88. The average Bonchev–Trinajstić information content (AvgIpc) is 2.45. The third-order valence-corrected chi connectivity index (χ3v) is 3.99.